The Hall–Kier alpha value is -2.30. The minimum absolute atomic E-state index is 0.184. The SMILES string of the molecule is CC(NS(=O)(=O)c1cccnc1C#N)c1cccc(F)c1. The standard InChI is InChI=1S/C14H12FN3O2S/c1-10(11-4-2-5-12(15)8-11)18-21(19,20)14-6-3-7-17-13(14)9-16/h2-8,10,18H,1H3. The van der Waals surface area contributed by atoms with E-state index >= 15 is 0 Å². The van der Waals surface area contributed by atoms with Crippen LogP contribution in [0.2, 0.25) is 0 Å². The van der Waals surface area contributed by atoms with Gasteiger partial charge < -0.3 is 0 Å². The van der Waals surface area contributed by atoms with Crippen LogP contribution in [0.5, 0.6) is 0 Å². The van der Waals surface area contributed by atoms with Crippen molar-refractivity contribution in [3.05, 3.63) is 59.7 Å². The Morgan fingerprint density at radius 1 is 1.33 bits per heavy atom. The summed E-state index contributed by atoms with van der Waals surface area (Å²) in [4.78, 5) is 3.52. The van der Waals surface area contributed by atoms with E-state index < -0.39 is 21.9 Å². The first-order valence-electron chi connectivity index (χ1n) is 6.07. The normalized spacial score (nSPS) is 12.6. The van der Waals surface area contributed by atoms with Crippen LogP contribution >= 0.6 is 0 Å². The molecule has 1 atom stereocenters. The third kappa shape index (κ3) is 3.42. The predicted molar refractivity (Wildman–Crippen MR) is 74.1 cm³/mol. The first kappa shape index (κ1) is 15.1. The van der Waals surface area contributed by atoms with E-state index in [2.05, 4.69) is 9.71 Å². The van der Waals surface area contributed by atoms with Crippen molar-refractivity contribution < 1.29 is 12.8 Å². The van der Waals surface area contributed by atoms with Crippen molar-refractivity contribution in [1.29, 1.82) is 5.26 Å². The van der Waals surface area contributed by atoms with Crippen LogP contribution in [0.4, 0.5) is 4.39 Å². The summed E-state index contributed by atoms with van der Waals surface area (Å²) in [5.41, 5.74) is 0.303. The van der Waals surface area contributed by atoms with Gasteiger partial charge in [0.1, 0.15) is 16.8 Å². The van der Waals surface area contributed by atoms with Crippen LogP contribution < -0.4 is 4.72 Å². The zero-order chi connectivity index (χ0) is 15.5. The third-order valence-electron chi connectivity index (χ3n) is 2.85. The Morgan fingerprint density at radius 3 is 2.76 bits per heavy atom. The molecule has 21 heavy (non-hydrogen) atoms. The molecule has 5 nitrogen and oxygen atoms in total. The van der Waals surface area contributed by atoms with E-state index in [-0.39, 0.29) is 10.6 Å². The first-order chi connectivity index (χ1) is 9.94. The topological polar surface area (TPSA) is 82.8 Å². The molecule has 7 heteroatoms. The van der Waals surface area contributed by atoms with Gasteiger partial charge in [-0.1, -0.05) is 12.1 Å². The monoisotopic (exact) mass is 305 g/mol. The van der Waals surface area contributed by atoms with Gasteiger partial charge in [0.25, 0.3) is 0 Å². The van der Waals surface area contributed by atoms with E-state index in [9.17, 15) is 12.8 Å². The number of hydrogen-bond acceptors (Lipinski definition) is 4. The van der Waals surface area contributed by atoms with Crippen molar-refractivity contribution in [2.75, 3.05) is 0 Å². The van der Waals surface area contributed by atoms with Gasteiger partial charge in [-0.2, -0.15) is 5.26 Å². The van der Waals surface area contributed by atoms with E-state index in [1.54, 1.807) is 19.1 Å². The zero-order valence-corrected chi connectivity index (χ0v) is 11.9. The Balaban J connectivity index is 2.32. The van der Waals surface area contributed by atoms with Crippen molar-refractivity contribution in [2.24, 2.45) is 0 Å². The number of nitrogens with one attached hydrogen (secondary N) is 1. The van der Waals surface area contributed by atoms with Crippen LogP contribution in [0.25, 0.3) is 0 Å². The molecule has 1 unspecified atom stereocenters. The van der Waals surface area contributed by atoms with Crippen molar-refractivity contribution in [3.8, 4) is 6.07 Å². The second kappa shape index (κ2) is 5.99. The number of nitriles is 1. The van der Waals surface area contributed by atoms with Gasteiger partial charge in [0.15, 0.2) is 5.69 Å². The number of benzene rings is 1. The van der Waals surface area contributed by atoms with E-state index in [4.69, 9.17) is 5.26 Å². The predicted octanol–water partition coefficient (Wildman–Crippen LogP) is 2.13. The lowest BCUT2D eigenvalue weighted by atomic mass is 10.1. The number of sulfonamides is 1. The molecule has 1 N–H and O–H groups in total. The molecule has 0 aliphatic carbocycles. The summed E-state index contributed by atoms with van der Waals surface area (Å²) >= 11 is 0. The highest BCUT2D eigenvalue weighted by molar-refractivity contribution is 7.89. The summed E-state index contributed by atoms with van der Waals surface area (Å²) in [6, 6.07) is 9.47. The van der Waals surface area contributed by atoms with Crippen LogP contribution in [-0.4, -0.2) is 13.4 Å². The number of pyridine rings is 1. The zero-order valence-electron chi connectivity index (χ0n) is 11.1. The number of rotatable bonds is 4. The van der Waals surface area contributed by atoms with Gasteiger partial charge >= 0.3 is 0 Å². The Kier molecular flexibility index (Phi) is 4.31. The molecular formula is C14H12FN3O2S. The van der Waals surface area contributed by atoms with Crippen LogP contribution in [-0.2, 0) is 10.0 Å². The molecule has 0 spiro atoms. The second-order valence-corrected chi connectivity index (χ2v) is 6.04. The molecule has 0 aliphatic heterocycles. The molecule has 0 bridgehead atoms. The molecule has 0 saturated carbocycles. The van der Waals surface area contributed by atoms with E-state index in [1.165, 1.54) is 36.5 Å². The largest absolute Gasteiger partial charge is 0.244 e. The van der Waals surface area contributed by atoms with Gasteiger partial charge in [-0.15, -0.1) is 0 Å². The van der Waals surface area contributed by atoms with E-state index in [1.807, 2.05) is 0 Å². The number of nitrogens with zero attached hydrogens (tertiary/aromatic N) is 2. The third-order valence-corrected chi connectivity index (χ3v) is 4.42. The van der Waals surface area contributed by atoms with Crippen LogP contribution in [0.3, 0.4) is 0 Å². The van der Waals surface area contributed by atoms with Gasteiger partial charge in [-0.3, -0.25) is 0 Å². The summed E-state index contributed by atoms with van der Waals surface area (Å²) in [5, 5.41) is 8.92. The highest BCUT2D eigenvalue weighted by Crippen LogP contribution is 2.18. The summed E-state index contributed by atoms with van der Waals surface area (Å²) < 4.78 is 40.1. The molecule has 0 saturated heterocycles. The lowest BCUT2D eigenvalue weighted by Crippen LogP contribution is -2.27. The smallest absolute Gasteiger partial charge is 0.244 e. The van der Waals surface area contributed by atoms with Gasteiger partial charge in [-0.05, 0) is 36.8 Å². The van der Waals surface area contributed by atoms with Crippen molar-refractivity contribution in [3.63, 3.8) is 0 Å². The Bertz CT molecular complexity index is 800. The van der Waals surface area contributed by atoms with Crippen molar-refractivity contribution >= 4 is 10.0 Å². The average molecular weight is 305 g/mol. The fraction of sp³-hybridized carbons (Fsp3) is 0.143. The van der Waals surface area contributed by atoms with Gasteiger partial charge in [-0.25, -0.2) is 22.5 Å². The minimum atomic E-state index is -3.92. The van der Waals surface area contributed by atoms with Crippen LogP contribution in [0, 0.1) is 17.1 Å². The molecule has 0 aliphatic rings. The summed E-state index contributed by atoms with van der Waals surface area (Å²) in [6.45, 7) is 1.59. The average Bonchev–Trinajstić information content (AvgIpc) is 2.46. The fourth-order valence-electron chi connectivity index (χ4n) is 1.83. The summed E-state index contributed by atoms with van der Waals surface area (Å²) in [6.07, 6.45) is 1.34. The molecule has 108 valence electrons. The van der Waals surface area contributed by atoms with Gasteiger partial charge in [0.05, 0.1) is 0 Å². The van der Waals surface area contributed by atoms with Crippen molar-refractivity contribution in [1.82, 2.24) is 9.71 Å². The van der Waals surface area contributed by atoms with E-state index in [0.29, 0.717) is 5.56 Å². The molecule has 2 rings (SSSR count). The van der Waals surface area contributed by atoms with Gasteiger partial charge in [0, 0.05) is 12.2 Å². The molecule has 1 aromatic carbocycles. The number of halogens is 1. The molecule has 0 radical (unpaired) electrons. The highest BCUT2D eigenvalue weighted by atomic mass is 32.2. The maximum atomic E-state index is 13.2. The quantitative estimate of drug-likeness (QED) is 0.938. The lowest BCUT2D eigenvalue weighted by molar-refractivity contribution is 0.564. The Labute approximate surface area is 122 Å². The maximum Gasteiger partial charge on any atom is 0.244 e. The van der Waals surface area contributed by atoms with Gasteiger partial charge in [0.2, 0.25) is 10.0 Å². The van der Waals surface area contributed by atoms with E-state index in [0.717, 1.165) is 0 Å². The molecular weight excluding hydrogens is 293 g/mol. The molecule has 0 amide bonds. The number of hydrogen-bond donors (Lipinski definition) is 1. The molecule has 1 heterocycles. The van der Waals surface area contributed by atoms with Crippen LogP contribution in [0.15, 0.2) is 47.5 Å². The first-order valence-corrected chi connectivity index (χ1v) is 7.55. The maximum absolute atomic E-state index is 13.2. The second-order valence-electron chi connectivity index (χ2n) is 4.36. The lowest BCUT2D eigenvalue weighted by Gasteiger charge is -2.15. The molecule has 1 aromatic heterocycles. The Morgan fingerprint density at radius 2 is 2.10 bits per heavy atom. The molecule has 0 fully saturated rings. The van der Waals surface area contributed by atoms with Crippen LogP contribution in [0.1, 0.15) is 24.2 Å². The fourth-order valence-corrected chi connectivity index (χ4v) is 3.17. The summed E-state index contributed by atoms with van der Waals surface area (Å²) in [7, 11) is -3.92. The number of aromatic nitrogens is 1. The van der Waals surface area contributed by atoms with Crippen molar-refractivity contribution in [2.45, 2.75) is 17.9 Å². The molecule has 2 aromatic rings. The minimum Gasteiger partial charge on any atom is -0.244 e. The highest BCUT2D eigenvalue weighted by Gasteiger charge is 2.22. The summed E-state index contributed by atoms with van der Waals surface area (Å²) in [5.74, 6) is -0.447.